The molecule has 0 aliphatic carbocycles. The zero-order valence-electron chi connectivity index (χ0n) is 6.72. The van der Waals surface area contributed by atoms with Crippen LogP contribution in [0.3, 0.4) is 0 Å². The standard InChI is InChI=1S/C9H7BrClNO/c10-8-4-6(11)5-9(13)7(8)2-1-3-12/h4-5,13H,1-2H2. The fourth-order valence-corrected chi connectivity index (χ4v) is 2.01. The van der Waals surface area contributed by atoms with Crippen LogP contribution in [0.25, 0.3) is 0 Å². The summed E-state index contributed by atoms with van der Waals surface area (Å²) in [5.74, 6) is 0.134. The fraction of sp³-hybridized carbons (Fsp3) is 0.222. The first-order valence-electron chi connectivity index (χ1n) is 3.69. The smallest absolute Gasteiger partial charge is 0.121 e. The van der Waals surface area contributed by atoms with Gasteiger partial charge in [-0.15, -0.1) is 0 Å². The van der Waals surface area contributed by atoms with E-state index in [2.05, 4.69) is 15.9 Å². The van der Waals surface area contributed by atoms with E-state index in [1.807, 2.05) is 6.07 Å². The van der Waals surface area contributed by atoms with Gasteiger partial charge >= 0.3 is 0 Å². The van der Waals surface area contributed by atoms with Crippen molar-refractivity contribution in [1.82, 2.24) is 0 Å². The number of hydrogen-bond acceptors (Lipinski definition) is 2. The second-order valence-electron chi connectivity index (χ2n) is 2.54. The molecule has 0 atom stereocenters. The van der Waals surface area contributed by atoms with Crippen molar-refractivity contribution < 1.29 is 5.11 Å². The minimum absolute atomic E-state index is 0.134. The van der Waals surface area contributed by atoms with Gasteiger partial charge in [-0.3, -0.25) is 0 Å². The average molecular weight is 261 g/mol. The molecule has 1 aromatic carbocycles. The van der Waals surface area contributed by atoms with Gasteiger partial charge in [-0.2, -0.15) is 5.26 Å². The quantitative estimate of drug-likeness (QED) is 0.887. The van der Waals surface area contributed by atoms with Crippen LogP contribution in [-0.2, 0) is 6.42 Å². The summed E-state index contributed by atoms with van der Waals surface area (Å²) in [5.41, 5.74) is 0.728. The molecule has 0 fully saturated rings. The maximum atomic E-state index is 9.47. The Bertz CT molecular complexity index is 336. The highest BCUT2D eigenvalue weighted by Crippen LogP contribution is 2.30. The Balaban J connectivity index is 3.00. The van der Waals surface area contributed by atoms with Crippen molar-refractivity contribution in [3.63, 3.8) is 0 Å². The highest BCUT2D eigenvalue weighted by Gasteiger charge is 2.07. The molecule has 13 heavy (non-hydrogen) atoms. The monoisotopic (exact) mass is 259 g/mol. The molecular formula is C9H7BrClNO. The molecule has 0 radical (unpaired) electrons. The van der Waals surface area contributed by atoms with E-state index in [-0.39, 0.29) is 5.75 Å². The van der Waals surface area contributed by atoms with Crippen LogP contribution < -0.4 is 0 Å². The molecule has 0 aliphatic rings. The Morgan fingerprint density at radius 3 is 2.77 bits per heavy atom. The number of halogens is 2. The van der Waals surface area contributed by atoms with Gasteiger partial charge in [-0.05, 0) is 18.6 Å². The fourth-order valence-electron chi connectivity index (χ4n) is 1.02. The summed E-state index contributed by atoms with van der Waals surface area (Å²) in [7, 11) is 0. The molecule has 0 bridgehead atoms. The lowest BCUT2D eigenvalue weighted by Crippen LogP contribution is -1.87. The first-order valence-corrected chi connectivity index (χ1v) is 4.86. The number of nitrogens with zero attached hydrogens (tertiary/aromatic N) is 1. The Kier molecular flexibility index (Phi) is 3.58. The molecule has 0 heterocycles. The first kappa shape index (κ1) is 10.4. The van der Waals surface area contributed by atoms with Crippen LogP contribution in [0.2, 0.25) is 5.02 Å². The van der Waals surface area contributed by atoms with Crippen LogP contribution in [0.1, 0.15) is 12.0 Å². The van der Waals surface area contributed by atoms with Crippen LogP contribution in [0.15, 0.2) is 16.6 Å². The van der Waals surface area contributed by atoms with E-state index in [0.29, 0.717) is 17.9 Å². The van der Waals surface area contributed by atoms with E-state index in [0.717, 1.165) is 10.0 Å². The van der Waals surface area contributed by atoms with Crippen LogP contribution in [-0.4, -0.2) is 5.11 Å². The van der Waals surface area contributed by atoms with Crippen LogP contribution in [0, 0.1) is 11.3 Å². The highest BCUT2D eigenvalue weighted by atomic mass is 79.9. The molecular weight excluding hydrogens is 253 g/mol. The summed E-state index contributed by atoms with van der Waals surface area (Å²) < 4.78 is 0.743. The Hall–Kier alpha value is -0.720. The topological polar surface area (TPSA) is 44.0 Å². The molecule has 0 spiro atoms. The Labute approximate surface area is 89.9 Å². The summed E-state index contributed by atoms with van der Waals surface area (Å²) in [6, 6.07) is 5.19. The molecule has 1 rings (SSSR count). The molecule has 4 heteroatoms. The zero-order chi connectivity index (χ0) is 9.84. The number of rotatable bonds is 2. The van der Waals surface area contributed by atoms with Crippen LogP contribution in [0.4, 0.5) is 0 Å². The van der Waals surface area contributed by atoms with E-state index in [9.17, 15) is 5.11 Å². The number of nitriles is 1. The molecule has 0 saturated heterocycles. The third-order valence-corrected chi connectivity index (χ3v) is 2.55. The molecule has 0 amide bonds. The third-order valence-electron chi connectivity index (χ3n) is 1.62. The maximum Gasteiger partial charge on any atom is 0.121 e. The van der Waals surface area contributed by atoms with Crippen molar-refractivity contribution in [2.45, 2.75) is 12.8 Å². The highest BCUT2D eigenvalue weighted by molar-refractivity contribution is 9.10. The summed E-state index contributed by atoms with van der Waals surface area (Å²) in [6.45, 7) is 0. The minimum Gasteiger partial charge on any atom is -0.508 e. The van der Waals surface area contributed by atoms with E-state index >= 15 is 0 Å². The number of aromatic hydroxyl groups is 1. The van der Waals surface area contributed by atoms with Crippen molar-refractivity contribution >= 4 is 27.5 Å². The van der Waals surface area contributed by atoms with Crippen molar-refractivity contribution in [2.24, 2.45) is 0 Å². The van der Waals surface area contributed by atoms with Gasteiger partial charge in [0.15, 0.2) is 0 Å². The molecule has 0 saturated carbocycles. The second kappa shape index (κ2) is 4.50. The average Bonchev–Trinajstić information content (AvgIpc) is 2.02. The van der Waals surface area contributed by atoms with E-state index in [1.54, 1.807) is 6.07 Å². The van der Waals surface area contributed by atoms with E-state index in [1.165, 1.54) is 6.07 Å². The number of phenols is 1. The van der Waals surface area contributed by atoms with Gasteiger partial charge < -0.3 is 5.11 Å². The predicted molar refractivity (Wildman–Crippen MR) is 54.8 cm³/mol. The second-order valence-corrected chi connectivity index (χ2v) is 3.83. The van der Waals surface area contributed by atoms with Crippen molar-refractivity contribution in [3.8, 4) is 11.8 Å². The molecule has 0 unspecified atom stereocenters. The van der Waals surface area contributed by atoms with Gasteiger partial charge in [-0.25, -0.2) is 0 Å². The minimum atomic E-state index is 0.134. The van der Waals surface area contributed by atoms with Crippen molar-refractivity contribution in [1.29, 1.82) is 5.26 Å². The van der Waals surface area contributed by atoms with Crippen LogP contribution in [0.5, 0.6) is 5.75 Å². The van der Waals surface area contributed by atoms with Gasteiger partial charge in [-0.1, -0.05) is 27.5 Å². The zero-order valence-corrected chi connectivity index (χ0v) is 9.06. The molecule has 1 aromatic rings. The predicted octanol–water partition coefficient (Wildman–Crippen LogP) is 3.26. The number of benzene rings is 1. The van der Waals surface area contributed by atoms with Gasteiger partial charge in [0.05, 0.1) is 6.07 Å². The lowest BCUT2D eigenvalue weighted by Gasteiger charge is -2.05. The SMILES string of the molecule is N#CCCc1c(O)cc(Cl)cc1Br. The van der Waals surface area contributed by atoms with E-state index < -0.39 is 0 Å². The lowest BCUT2D eigenvalue weighted by atomic mass is 10.1. The Morgan fingerprint density at radius 1 is 1.54 bits per heavy atom. The molecule has 2 nitrogen and oxygen atoms in total. The summed E-state index contributed by atoms with van der Waals surface area (Å²) in [4.78, 5) is 0. The van der Waals surface area contributed by atoms with Gasteiger partial charge in [0.1, 0.15) is 5.75 Å². The van der Waals surface area contributed by atoms with Crippen LogP contribution >= 0.6 is 27.5 Å². The maximum absolute atomic E-state index is 9.47. The first-order chi connectivity index (χ1) is 6.15. The van der Waals surface area contributed by atoms with Gasteiger partial charge in [0, 0.05) is 21.5 Å². The normalized spacial score (nSPS) is 9.62. The Morgan fingerprint density at radius 2 is 2.23 bits per heavy atom. The lowest BCUT2D eigenvalue weighted by molar-refractivity contribution is 0.467. The summed E-state index contributed by atoms with van der Waals surface area (Å²) >= 11 is 8.98. The molecule has 1 N–H and O–H groups in total. The number of phenolic OH excluding ortho intramolecular Hbond substituents is 1. The molecule has 0 aromatic heterocycles. The number of hydrogen-bond donors (Lipinski definition) is 1. The van der Waals surface area contributed by atoms with Crippen molar-refractivity contribution in [3.05, 3.63) is 27.2 Å². The largest absolute Gasteiger partial charge is 0.508 e. The van der Waals surface area contributed by atoms with E-state index in [4.69, 9.17) is 16.9 Å². The summed E-state index contributed by atoms with van der Waals surface area (Å²) in [6.07, 6.45) is 0.911. The molecule has 0 aliphatic heterocycles. The summed E-state index contributed by atoms with van der Waals surface area (Å²) in [5, 5.41) is 18.3. The van der Waals surface area contributed by atoms with Gasteiger partial charge in [0.25, 0.3) is 0 Å². The van der Waals surface area contributed by atoms with Crippen molar-refractivity contribution in [2.75, 3.05) is 0 Å². The third kappa shape index (κ3) is 2.61. The van der Waals surface area contributed by atoms with Gasteiger partial charge in [0.2, 0.25) is 0 Å². The molecule has 68 valence electrons.